The molecule has 1 aromatic heterocycles. The van der Waals surface area contributed by atoms with Crippen molar-refractivity contribution in [2.45, 2.75) is 6.54 Å². The maximum atomic E-state index is 13.6. The Bertz CT molecular complexity index is 1290. The summed E-state index contributed by atoms with van der Waals surface area (Å²) in [6.07, 6.45) is 0. The standard InChI is InChI=1S/C23H22N6O5/c24-17(31)12-29-21(13-4-6-14(30)7-5-13)19-20(26-29)15-2-1-3-16(18(15)22(19)32)25-23(33)27-28-8-10-34-11-9-28/h1-7,30H,8-12H2,(H2,24,31)(H2,25,27,33). The summed E-state index contributed by atoms with van der Waals surface area (Å²) in [5, 5.41) is 18.7. The fourth-order valence-corrected chi connectivity index (χ4v) is 4.23. The van der Waals surface area contributed by atoms with Crippen molar-refractivity contribution >= 4 is 23.4 Å². The summed E-state index contributed by atoms with van der Waals surface area (Å²) in [7, 11) is 0. The number of primary amides is 1. The highest BCUT2D eigenvalue weighted by atomic mass is 16.5. The molecule has 1 aliphatic carbocycles. The zero-order valence-electron chi connectivity index (χ0n) is 18.1. The van der Waals surface area contributed by atoms with Crippen LogP contribution in [0.4, 0.5) is 10.5 Å². The molecule has 0 bridgehead atoms. The second-order valence-electron chi connectivity index (χ2n) is 7.97. The number of carbonyl (C=O) groups is 3. The molecule has 34 heavy (non-hydrogen) atoms. The smallest absolute Gasteiger partial charge is 0.333 e. The Hall–Kier alpha value is -4.22. The van der Waals surface area contributed by atoms with E-state index in [0.29, 0.717) is 65.6 Å². The van der Waals surface area contributed by atoms with Crippen molar-refractivity contribution in [2.75, 3.05) is 31.6 Å². The summed E-state index contributed by atoms with van der Waals surface area (Å²) in [5.41, 5.74) is 11.1. The van der Waals surface area contributed by atoms with Crippen LogP contribution in [0.2, 0.25) is 0 Å². The van der Waals surface area contributed by atoms with Gasteiger partial charge in [-0.1, -0.05) is 12.1 Å². The third-order valence-electron chi connectivity index (χ3n) is 5.69. The maximum Gasteiger partial charge on any atom is 0.333 e. The van der Waals surface area contributed by atoms with Crippen LogP contribution >= 0.6 is 0 Å². The second-order valence-corrected chi connectivity index (χ2v) is 7.97. The number of carbonyl (C=O) groups excluding carboxylic acids is 3. The number of hydrogen-bond donors (Lipinski definition) is 4. The lowest BCUT2D eigenvalue weighted by molar-refractivity contribution is -0.118. The summed E-state index contributed by atoms with van der Waals surface area (Å²) in [6, 6.07) is 10.9. The molecule has 0 radical (unpaired) electrons. The minimum absolute atomic E-state index is 0.0636. The lowest BCUT2D eigenvalue weighted by atomic mass is 10.0. The highest BCUT2D eigenvalue weighted by Gasteiger charge is 2.37. The van der Waals surface area contributed by atoms with Gasteiger partial charge in [-0.25, -0.2) is 9.80 Å². The number of hydrazine groups is 1. The zero-order chi connectivity index (χ0) is 23.8. The average Bonchev–Trinajstić information content (AvgIpc) is 3.30. The van der Waals surface area contributed by atoms with Gasteiger partial charge in [0.25, 0.3) is 0 Å². The molecule has 174 valence electrons. The van der Waals surface area contributed by atoms with E-state index in [1.54, 1.807) is 35.3 Å². The van der Waals surface area contributed by atoms with Gasteiger partial charge in [0.1, 0.15) is 18.0 Å². The molecule has 0 saturated carbocycles. The number of ether oxygens (including phenoxy) is 1. The number of phenolic OH excluding ortho intramolecular Hbond substituents is 1. The highest BCUT2D eigenvalue weighted by Crippen LogP contribution is 2.44. The molecule has 5 rings (SSSR count). The number of ketones is 1. The van der Waals surface area contributed by atoms with Crippen LogP contribution in [0.1, 0.15) is 15.9 Å². The normalized spacial score (nSPS) is 15.0. The number of rotatable bonds is 5. The van der Waals surface area contributed by atoms with Crippen molar-refractivity contribution in [2.24, 2.45) is 5.73 Å². The monoisotopic (exact) mass is 462 g/mol. The van der Waals surface area contributed by atoms with Gasteiger partial charge in [-0.15, -0.1) is 0 Å². The van der Waals surface area contributed by atoms with E-state index in [0.717, 1.165) is 0 Å². The van der Waals surface area contributed by atoms with Gasteiger partial charge in [-0.2, -0.15) is 5.10 Å². The van der Waals surface area contributed by atoms with E-state index < -0.39 is 11.9 Å². The Kier molecular flexibility index (Phi) is 5.48. The first kappa shape index (κ1) is 21.6. The first-order chi connectivity index (χ1) is 16.4. The third-order valence-corrected chi connectivity index (χ3v) is 5.69. The molecule has 1 saturated heterocycles. The Labute approximate surface area is 194 Å². The largest absolute Gasteiger partial charge is 0.508 e. The first-order valence-corrected chi connectivity index (χ1v) is 10.7. The molecule has 3 amide bonds. The van der Waals surface area contributed by atoms with Crippen molar-refractivity contribution in [3.05, 3.63) is 53.6 Å². The lowest BCUT2D eigenvalue weighted by Crippen LogP contribution is -2.49. The molecular formula is C23H22N6O5. The van der Waals surface area contributed by atoms with Gasteiger partial charge >= 0.3 is 6.03 Å². The van der Waals surface area contributed by atoms with Crippen LogP contribution in [0.25, 0.3) is 22.5 Å². The van der Waals surface area contributed by atoms with Crippen molar-refractivity contribution in [3.8, 4) is 28.3 Å². The number of amides is 3. The molecule has 3 aromatic rings. The number of hydrogen-bond acceptors (Lipinski definition) is 7. The van der Waals surface area contributed by atoms with Gasteiger partial charge in [0.15, 0.2) is 5.78 Å². The minimum Gasteiger partial charge on any atom is -0.508 e. The topological polar surface area (TPSA) is 152 Å². The second kappa shape index (κ2) is 8.61. The summed E-state index contributed by atoms with van der Waals surface area (Å²) < 4.78 is 6.67. The van der Waals surface area contributed by atoms with Crippen LogP contribution in [0.15, 0.2) is 42.5 Å². The van der Waals surface area contributed by atoms with Crippen LogP contribution in [-0.4, -0.2) is 63.9 Å². The fourth-order valence-electron chi connectivity index (χ4n) is 4.23. The summed E-state index contributed by atoms with van der Waals surface area (Å²) in [4.78, 5) is 37.9. The third kappa shape index (κ3) is 3.87. The Morgan fingerprint density at radius 1 is 1.09 bits per heavy atom. The van der Waals surface area contributed by atoms with Crippen molar-refractivity contribution in [1.82, 2.24) is 20.2 Å². The molecule has 11 nitrogen and oxygen atoms in total. The molecule has 2 heterocycles. The average molecular weight is 462 g/mol. The van der Waals surface area contributed by atoms with Crippen molar-refractivity contribution in [1.29, 1.82) is 0 Å². The van der Waals surface area contributed by atoms with Crippen LogP contribution < -0.4 is 16.5 Å². The van der Waals surface area contributed by atoms with Crippen LogP contribution in [0, 0.1) is 0 Å². The number of nitrogens with zero attached hydrogens (tertiary/aromatic N) is 3. The van der Waals surface area contributed by atoms with Crippen molar-refractivity contribution < 1.29 is 24.2 Å². The number of benzene rings is 2. The van der Waals surface area contributed by atoms with Gasteiger partial charge in [-0.3, -0.25) is 19.7 Å². The number of nitrogens with two attached hydrogens (primary N) is 1. The quantitative estimate of drug-likeness (QED) is 0.349. The lowest BCUT2D eigenvalue weighted by Gasteiger charge is -2.27. The first-order valence-electron chi connectivity index (χ1n) is 10.7. The van der Waals surface area contributed by atoms with E-state index in [1.165, 1.54) is 16.8 Å². The molecule has 2 aliphatic rings. The van der Waals surface area contributed by atoms with Gasteiger partial charge in [-0.05, 0) is 30.3 Å². The number of urea groups is 1. The molecule has 1 aliphatic heterocycles. The van der Waals surface area contributed by atoms with Crippen LogP contribution in [0.3, 0.4) is 0 Å². The van der Waals surface area contributed by atoms with Gasteiger partial charge in [0.2, 0.25) is 5.91 Å². The maximum absolute atomic E-state index is 13.6. The van der Waals surface area contributed by atoms with Crippen LogP contribution in [0.5, 0.6) is 5.75 Å². The van der Waals surface area contributed by atoms with E-state index >= 15 is 0 Å². The van der Waals surface area contributed by atoms with Gasteiger partial charge in [0, 0.05) is 24.2 Å². The highest BCUT2D eigenvalue weighted by molar-refractivity contribution is 6.27. The van der Waals surface area contributed by atoms with E-state index in [4.69, 9.17) is 10.5 Å². The van der Waals surface area contributed by atoms with E-state index in [-0.39, 0.29) is 18.1 Å². The number of morpholine rings is 1. The Morgan fingerprint density at radius 3 is 2.53 bits per heavy atom. The SMILES string of the molecule is NC(=O)Cn1nc2c(c1-c1ccc(O)cc1)C(=O)c1c(NC(=O)NN3CCOCC3)cccc1-2. The van der Waals surface area contributed by atoms with Gasteiger partial charge < -0.3 is 20.9 Å². The summed E-state index contributed by atoms with van der Waals surface area (Å²) in [5.74, 6) is -0.871. The molecule has 0 atom stereocenters. The molecule has 1 fully saturated rings. The Balaban J connectivity index is 1.52. The predicted octanol–water partition coefficient (Wildman–Crippen LogP) is 1.32. The molecule has 5 N–H and O–H groups in total. The number of anilines is 1. The van der Waals surface area contributed by atoms with Crippen LogP contribution in [-0.2, 0) is 16.1 Å². The van der Waals surface area contributed by atoms with E-state index in [2.05, 4.69) is 15.8 Å². The molecular weight excluding hydrogens is 440 g/mol. The molecule has 11 heteroatoms. The molecule has 2 aromatic carbocycles. The predicted molar refractivity (Wildman–Crippen MR) is 122 cm³/mol. The number of aromatic nitrogens is 2. The Morgan fingerprint density at radius 2 is 1.82 bits per heavy atom. The number of phenols is 1. The van der Waals surface area contributed by atoms with E-state index in [1.807, 2.05) is 0 Å². The molecule has 0 spiro atoms. The number of nitrogens with one attached hydrogen (secondary N) is 2. The zero-order valence-corrected chi connectivity index (χ0v) is 18.1. The van der Waals surface area contributed by atoms with Crippen molar-refractivity contribution in [3.63, 3.8) is 0 Å². The minimum atomic E-state index is -0.607. The molecule has 0 unspecified atom stereocenters. The summed E-state index contributed by atoms with van der Waals surface area (Å²) in [6.45, 7) is 1.96. The van der Waals surface area contributed by atoms with Gasteiger partial charge in [0.05, 0.1) is 35.7 Å². The number of aromatic hydroxyl groups is 1. The summed E-state index contributed by atoms with van der Waals surface area (Å²) >= 11 is 0. The number of fused-ring (bicyclic) bond motifs is 3. The fraction of sp³-hybridized carbons (Fsp3) is 0.217. The van der Waals surface area contributed by atoms with E-state index in [9.17, 15) is 19.5 Å².